The summed E-state index contributed by atoms with van der Waals surface area (Å²) in [5.74, 6) is 0. The van der Waals surface area contributed by atoms with Gasteiger partial charge in [0.15, 0.2) is 0 Å². The van der Waals surface area contributed by atoms with Crippen molar-refractivity contribution in [1.29, 1.82) is 0 Å². The molecule has 0 unspecified atom stereocenters. The molecule has 53 valence electrons. The van der Waals surface area contributed by atoms with Gasteiger partial charge in [-0.05, 0) is 11.0 Å². The summed E-state index contributed by atoms with van der Waals surface area (Å²) < 4.78 is 0. The normalized spacial score (nSPS) is 9.78. The second-order valence-electron chi connectivity index (χ2n) is 1.00. The van der Waals surface area contributed by atoms with Gasteiger partial charge < -0.3 is 0 Å². The maximum Gasteiger partial charge on any atom is 0 e. The van der Waals surface area contributed by atoms with Crippen LogP contribution in [-0.2, 0) is 26.2 Å². The Bertz CT molecular complexity index is 73.0. The summed E-state index contributed by atoms with van der Waals surface area (Å²) >= 11 is 0. The van der Waals surface area contributed by atoms with Crippen LogP contribution in [0.2, 0.25) is 0 Å². The van der Waals surface area contributed by atoms with Gasteiger partial charge >= 0.3 is 0 Å². The van der Waals surface area contributed by atoms with Crippen LogP contribution in [0.25, 0.3) is 0 Å². The van der Waals surface area contributed by atoms with Gasteiger partial charge in [0.2, 0.25) is 0 Å². The first kappa shape index (κ1) is 22.5. The molecule has 1 rings (SSSR count). The Hall–Kier alpha value is 1.16. The Morgan fingerprint density at radius 2 is 1.78 bits per heavy atom. The van der Waals surface area contributed by atoms with E-state index in [2.05, 4.69) is 12.2 Å². The van der Waals surface area contributed by atoms with Crippen LogP contribution < -0.4 is 0 Å². The summed E-state index contributed by atoms with van der Waals surface area (Å²) in [4.78, 5) is 0. The molecule has 1 aliphatic carbocycles. The summed E-state index contributed by atoms with van der Waals surface area (Å²) in [6.07, 6.45) is 10.0. The van der Waals surface area contributed by atoms with Crippen molar-refractivity contribution in [1.82, 2.24) is 0 Å². The molecule has 1 radical (unpaired) electrons. The van der Waals surface area contributed by atoms with Gasteiger partial charge in [-0.15, -0.1) is 31.2 Å². The van der Waals surface area contributed by atoms with E-state index in [4.69, 9.17) is 0 Å². The zero-order chi connectivity index (χ0) is 3.54. The van der Waals surface area contributed by atoms with Crippen molar-refractivity contribution in [2.45, 2.75) is 6.42 Å². The van der Waals surface area contributed by atoms with Crippen molar-refractivity contribution >= 4 is 35.8 Å². The SMILES string of the molecule is Cl.Cl.[C-]1=CC=CC1.[SiH3].[Zr]. The van der Waals surface area contributed by atoms with E-state index in [0.717, 1.165) is 6.42 Å². The van der Waals surface area contributed by atoms with Gasteiger partial charge in [0, 0.05) is 26.2 Å². The molecule has 0 nitrogen and oxygen atoms in total. The van der Waals surface area contributed by atoms with Crippen LogP contribution in [0.1, 0.15) is 6.42 Å². The molecule has 0 N–H and O–H groups in total. The molecule has 0 bridgehead atoms. The number of hydrogen-bond donors (Lipinski definition) is 0. The van der Waals surface area contributed by atoms with E-state index in [0.29, 0.717) is 0 Å². The molecule has 0 aromatic carbocycles. The molecule has 0 heterocycles. The molecule has 0 saturated heterocycles. The number of hydrogen-bond acceptors (Lipinski definition) is 0. The molecule has 0 fully saturated rings. The van der Waals surface area contributed by atoms with Crippen LogP contribution in [0.3, 0.4) is 0 Å². The molecule has 9 heavy (non-hydrogen) atoms. The quantitative estimate of drug-likeness (QED) is 0.450. The molecule has 0 atom stereocenters. The van der Waals surface area contributed by atoms with Gasteiger partial charge in [-0.25, -0.2) is 12.2 Å². The fraction of sp³-hybridized carbons (Fsp3) is 0.200. The first-order valence-electron chi connectivity index (χ1n) is 1.72. The average Bonchev–Trinajstić information content (AvgIpc) is 1.76. The maximum absolute atomic E-state index is 2.99. The summed E-state index contributed by atoms with van der Waals surface area (Å²) in [6, 6.07) is 0. The molecule has 0 amide bonds. The predicted molar refractivity (Wildman–Crippen MR) is 46.0 cm³/mol. The molecule has 0 saturated carbocycles. The summed E-state index contributed by atoms with van der Waals surface area (Å²) in [5.41, 5.74) is 0. The van der Waals surface area contributed by atoms with E-state index in [1.54, 1.807) is 0 Å². The number of allylic oxidation sites excluding steroid dienone is 4. The first-order chi connectivity index (χ1) is 2.50. The van der Waals surface area contributed by atoms with E-state index in [1.807, 2.05) is 12.2 Å². The molecular formula is C5H10Cl2SiZr-. The Kier molecular flexibility index (Phi) is 40.1. The topological polar surface area (TPSA) is 0 Å². The predicted octanol–water partition coefficient (Wildman–Crippen LogP) is 0.963. The minimum Gasteiger partial charge on any atom is -0.273 e. The van der Waals surface area contributed by atoms with Gasteiger partial charge in [-0.2, -0.15) is 6.08 Å². The van der Waals surface area contributed by atoms with Crippen molar-refractivity contribution < 1.29 is 26.2 Å². The van der Waals surface area contributed by atoms with Crippen LogP contribution in [0.4, 0.5) is 0 Å². The Labute approximate surface area is 92.1 Å². The average molecular weight is 260 g/mol. The van der Waals surface area contributed by atoms with Crippen LogP contribution in [0, 0.1) is 6.08 Å². The Balaban J connectivity index is -0.0000000312. The standard InChI is InChI=1S/C5H5.2ClH.H3Si.Zr/c1-2-4-5-3-1;;;;/h1-3H,4H2;2*1H;1H3;/q-1;;;;. The van der Waals surface area contributed by atoms with Crippen molar-refractivity contribution in [3.8, 4) is 0 Å². The van der Waals surface area contributed by atoms with Crippen molar-refractivity contribution in [3.63, 3.8) is 0 Å². The smallest absolute Gasteiger partial charge is 0 e. The molecule has 1 aliphatic rings. The van der Waals surface area contributed by atoms with Gasteiger partial charge in [-0.1, -0.05) is 0 Å². The second-order valence-corrected chi connectivity index (χ2v) is 1.00. The van der Waals surface area contributed by atoms with Crippen LogP contribution in [0.15, 0.2) is 18.2 Å². The minimum atomic E-state index is 0. The summed E-state index contributed by atoms with van der Waals surface area (Å²) in [7, 11) is 0. The van der Waals surface area contributed by atoms with Crippen molar-refractivity contribution in [2.75, 3.05) is 0 Å². The van der Waals surface area contributed by atoms with E-state index >= 15 is 0 Å². The van der Waals surface area contributed by atoms with Gasteiger partial charge in [0.1, 0.15) is 0 Å². The third-order valence-electron chi connectivity index (χ3n) is 0.586. The Morgan fingerprint density at radius 1 is 1.22 bits per heavy atom. The fourth-order valence-corrected chi connectivity index (χ4v) is 0.340. The molecule has 0 spiro atoms. The maximum atomic E-state index is 2.99. The minimum absolute atomic E-state index is 0. The van der Waals surface area contributed by atoms with Gasteiger partial charge in [0.25, 0.3) is 0 Å². The molecule has 0 aromatic rings. The monoisotopic (exact) mass is 258 g/mol. The van der Waals surface area contributed by atoms with Crippen molar-refractivity contribution in [2.24, 2.45) is 0 Å². The number of rotatable bonds is 0. The van der Waals surface area contributed by atoms with Gasteiger partial charge in [-0.3, -0.25) is 6.08 Å². The van der Waals surface area contributed by atoms with E-state index in [-0.39, 0.29) is 62.0 Å². The second kappa shape index (κ2) is 16.1. The van der Waals surface area contributed by atoms with E-state index in [9.17, 15) is 0 Å². The fourth-order valence-electron chi connectivity index (χ4n) is 0.340. The first-order valence-corrected chi connectivity index (χ1v) is 1.72. The Morgan fingerprint density at radius 3 is 1.89 bits per heavy atom. The van der Waals surface area contributed by atoms with Gasteiger partial charge in [0.05, 0.1) is 0 Å². The summed E-state index contributed by atoms with van der Waals surface area (Å²) in [5, 5.41) is 0. The third-order valence-corrected chi connectivity index (χ3v) is 0.586. The van der Waals surface area contributed by atoms with Crippen molar-refractivity contribution in [3.05, 3.63) is 24.3 Å². The van der Waals surface area contributed by atoms with E-state index < -0.39 is 0 Å². The van der Waals surface area contributed by atoms with Crippen LogP contribution >= 0.6 is 24.8 Å². The zero-order valence-corrected chi connectivity index (χ0v) is 11.3. The zero-order valence-electron chi connectivity index (χ0n) is 5.26. The third kappa shape index (κ3) is 12.4. The van der Waals surface area contributed by atoms with Crippen LogP contribution in [0.5, 0.6) is 0 Å². The van der Waals surface area contributed by atoms with Crippen LogP contribution in [-0.4, -0.2) is 11.0 Å². The number of halogens is 2. The molecular weight excluding hydrogens is 250 g/mol. The molecule has 4 heteroatoms. The summed E-state index contributed by atoms with van der Waals surface area (Å²) in [6.45, 7) is 0. The van der Waals surface area contributed by atoms with E-state index in [1.165, 1.54) is 0 Å². The molecule has 0 aliphatic heterocycles. The largest absolute Gasteiger partial charge is 0.273 e. The molecule has 0 aromatic heterocycles.